The maximum atomic E-state index is 11.8. The van der Waals surface area contributed by atoms with Gasteiger partial charge >= 0.3 is 5.69 Å². The predicted molar refractivity (Wildman–Crippen MR) is 112 cm³/mol. The van der Waals surface area contributed by atoms with Crippen LogP contribution < -0.4 is 10.2 Å². The van der Waals surface area contributed by atoms with Crippen molar-refractivity contribution in [2.75, 3.05) is 0 Å². The molecule has 0 fully saturated rings. The van der Waals surface area contributed by atoms with E-state index in [2.05, 4.69) is 15.6 Å². The number of ether oxygens (including phenoxy) is 1. The Kier molecular flexibility index (Phi) is 6.99. The van der Waals surface area contributed by atoms with Crippen LogP contribution in [0.4, 0.5) is 5.69 Å². The topological polar surface area (TPSA) is 112 Å². The predicted octanol–water partition coefficient (Wildman–Crippen LogP) is 3.83. The molecule has 1 aromatic heterocycles. The van der Waals surface area contributed by atoms with E-state index in [1.807, 2.05) is 0 Å². The first-order valence-corrected chi connectivity index (χ1v) is 9.32. The van der Waals surface area contributed by atoms with Gasteiger partial charge in [-0.25, -0.2) is 5.43 Å². The number of carbonyl (C=O) groups excluding carboxylic acids is 1. The summed E-state index contributed by atoms with van der Waals surface area (Å²) in [6.45, 7) is 0.0379. The summed E-state index contributed by atoms with van der Waals surface area (Å²) in [6, 6.07) is 12.3. The van der Waals surface area contributed by atoms with Gasteiger partial charge in [-0.15, -0.1) is 0 Å². The van der Waals surface area contributed by atoms with E-state index in [0.29, 0.717) is 21.4 Å². The molecule has 0 saturated heterocycles. The molecular formula is C19H15Cl2N5O4. The van der Waals surface area contributed by atoms with E-state index in [0.717, 1.165) is 22.6 Å². The van der Waals surface area contributed by atoms with Crippen LogP contribution in [0, 0.1) is 10.1 Å². The molecule has 0 radical (unpaired) electrons. The summed E-state index contributed by atoms with van der Waals surface area (Å²) in [5.41, 5.74) is 3.58. The molecule has 0 aliphatic heterocycles. The number of carbonyl (C=O) groups is 1. The molecule has 0 aliphatic carbocycles. The van der Waals surface area contributed by atoms with Crippen LogP contribution in [-0.4, -0.2) is 26.8 Å². The number of hydrazone groups is 1. The zero-order valence-corrected chi connectivity index (χ0v) is 16.9. The van der Waals surface area contributed by atoms with Crippen LogP contribution in [0.25, 0.3) is 0 Å². The highest BCUT2D eigenvalue weighted by Gasteiger charge is 2.10. The minimum absolute atomic E-state index is 0.189. The van der Waals surface area contributed by atoms with Gasteiger partial charge in [0.1, 0.15) is 31.3 Å². The third kappa shape index (κ3) is 5.79. The van der Waals surface area contributed by atoms with Gasteiger partial charge in [0.2, 0.25) is 0 Å². The number of amides is 1. The van der Waals surface area contributed by atoms with E-state index in [-0.39, 0.29) is 18.8 Å². The van der Waals surface area contributed by atoms with E-state index in [1.54, 1.807) is 42.5 Å². The number of hydrogen-bond donors (Lipinski definition) is 1. The standard InChI is InChI=1S/C19H15Cl2N5O4/c20-17-2-1-3-18(21)16(17)12-30-15-6-4-13(5-7-15)8-22-24-19(27)11-25-10-14(9-23-25)26(28)29/h1-10H,11-12H2,(H,24,27)/b22-8+. The number of nitrogens with zero attached hydrogens (tertiary/aromatic N) is 4. The molecule has 1 amide bonds. The lowest BCUT2D eigenvalue weighted by molar-refractivity contribution is -0.385. The molecule has 30 heavy (non-hydrogen) atoms. The molecule has 0 saturated carbocycles. The number of rotatable bonds is 8. The Morgan fingerprint density at radius 2 is 1.93 bits per heavy atom. The summed E-state index contributed by atoms with van der Waals surface area (Å²) in [6.07, 6.45) is 3.69. The van der Waals surface area contributed by atoms with E-state index in [4.69, 9.17) is 27.9 Å². The first kappa shape index (κ1) is 21.3. The van der Waals surface area contributed by atoms with Crippen molar-refractivity contribution in [3.05, 3.63) is 86.1 Å². The SMILES string of the molecule is O=C(Cn1cc([N+](=O)[O-])cn1)N/N=C/c1ccc(OCc2c(Cl)cccc2Cl)cc1. The second-order valence-electron chi connectivity index (χ2n) is 6.00. The fourth-order valence-electron chi connectivity index (χ4n) is 2.37. The Hall–Kier alpha value is -3.43. The van der Waals surface area contributed by atoms with Crippen molar-refractivity contribution in [2.45, 2.75) is 13.2 Å². The third-order valence-electron chi connectivity index (χ3n) is 3.86. The monoisotopic (exact) mass is 447 g/mol. The number of nitrogens with one attached hydrogen (secondary N) is 1. The van der Waals surface area contributed by atoms with Crippen molar-refractivity contribution in [3.63, 3.8) is 0 Å². The molecule has 0 spiro atoms. The normalized spacial score (nSPS) is 10.9. The lowest BCUT2D eigenvalue weighted by atomic mass is 10.2. The summed E-state index contributed by atoms with van der Waals surface area (Å²) in [4.78, 5) is 21.8. The molecule has 3 aromatic rings. The lowest BCUT2D eigenvalue weighted by Crippen LogP contribution is -2.23. The van der Waals surface area contributed by atoms with Crippen LogP contribution in [-0.2, 0) is 17.9 Å². The molecule has 2 aromatic carbocycles. The highest BCUT2D eigenvalue weighted by atomic mass is 35.5. The summed E-state index contributed by atoms with van der Waals surface area (Å²) in [5, 5.41) is 19.3. The molecule has 154 valence electrons. The molecule has 3 rings (SSSR count). The Bertz CT molecular complexity index is 1060. The Balaban J connectivity index is 1.49. The molecular weight excluding hydrogens is 433 g/mol. The van der Waals surface area contributed by atoms with Gasteiger partial charge in [-0.2, -0.15) is 10.2 Å². The summed E-state index contributed by atoms with van der Waals surface area (Å²) < 4.78 is 6.85. The van der Waals surface area contributed by atoms with Gasteiger partial charge in [-0.1, -0.05) is 29.3 Å². The molecule has 0 aliphatic rings. The average molecular weight is 448 g/mol. The molecule has 9 nitrogen and oxygen atoms in total. The Morgan fingerprint density at radius 3 is 2.57 bits per heavy atom. The van der Waals surface area contributed by atoms with Crippen molar-refractivity contribution < 1.29 is 14.5 Å². The molecule has 0 unspecified atom stereocenters. The van der Waals surface area contributed by atoms with Crippen LogP contribution >= 0.6 is 23.2 Å². The Labute approximate surface area is 181 Å². The van der Waals surface area contributed by atoms with Gasteiger partial charge in [0, 0.05) is 15.6 Å². The average Bonchev–Trinajstić information content (AvgIpc) is 3.17. The van der Waals surface area contributed by atoms with Crippen LogP contribution in [0.15, 0.2) is 60.0 Å². The lowest BCUT2D eigenvalue weighted by Gasteiger charge is -2.09. The number of benzene rings is 2. The summed E-state index contributed by atoms with van der Waals surface area (Å²) in [5.74, 6) is 0.147. The molecule has 1 heterocycles. The molecule has 11 heteroatoms. The highest BCUT2D eigenvalue weighted by molar-refractivity contribution is 6.35. The summed E-state index contributed by atoms with van der Waals surface area (Å²) >= 11 is 12.2. The van der Waals surface area contributed by atoms with Crippen LogP contribution in [0.2, 0.25) is 10.0 Å². The van der Waals surface area contributed by atoms with Gasteiger partial charge in [-0.3, -0.25) is 19.6 Å². The van der Waals surface area contributed by atoms with Gasteiger partial charge in [0.05, 0.1) is 11.1 Å². The zero-order valence-electron chi connectivity index (χ0n) is 15.4. The van der Waals surface area contributed by atoms with E-state index < -0.39 is 10.8 Å². The van der Waals surface area contributed by atoms with Crippen molar-refractivity contribution in [2.24, 2.45) is 5.10 Å². The van der Waals surface area contributed by atoms with Gasteiger partial charge in [0.15, 0.2) is 0 Å². The maximum absolute atomic E-state index is 11.8. The number of halogens is 2. The largest absolute Gasteiger partial charge is 0.489 e. The first-order chi connectivity index (χ1) is 14.4. The van der Waals surface area contributed by atoms with Gasteiger partial charge in [0.25, 0.3) is 5.91 Å². The van der Waals surface area contributed by atoms with Crippen molar-refractivity contribution in [1.29, 1.82) is 0 Å². The van der Waals surface area contributed by atoms with E-state index in [9.17, 15) is 14.9 Å². The quantitative estimate of drug-likeness (QED) is 0.320. The smallest absolute Gasteiger partial charge is 0.307 e. The third-order valence-corrected chi connectivity index (χ3v) is 4.57. The van der Waals surface area contributed by atoms with E-state index >= 15 is 0 Å². The van der Waals surface area contributed by atoms with Crippen LogP contribution in [0.3, 0.4) is 0 Å². The maximum Gasteiger partial charge on any atom is 0.307 e. The fraction of sp³-hybridized carbons (Fsp3) is 0.105. The number of nitro groups is 1. The number of hydrogen-bond acceptors (Lipinski definition) is 6. The van der Waals surface area contributed by atoms with Gasteiger partial charge in [-0.05, 0) is 42.0 Å². The Morgan fingerprint density at radius 1 is 1.23 bits per heavy atom. The second-order valence-corrected chi connectivity index (χ2v) is 6.82. The molecule has 1 N–H and O–H groups in total. The van der Waals surface area contributed by atoms with Gasteiger partial charge < -0.3 is 4.74 Å². The summed E-state index contributed by atoms with van der Waals surface area (Å²) in [7, 11) is 0. The fourth-order valence-corrected chi connectivity index (χ4v) is 2.88. The van der Waals surface area contributed by atoms with Crippen LogP contribution in [0.1, 0.15) is 11.1 Å². The molecule has 0 bridgehead atoms. The first-order valence-electron chi connectivity index (χ1n) is 8.57. The van der Waals surface area contributed by atoms with E-state index in [1.165, 1.54) is 6.21 Å². The highest BCUT2D eigenvalue weighted by Crippen LogP contribution is 2.25. The minimum Gasteiger partial charge on any atom is -0.489 e. The second kappa shape index (κ2) is 9.86. The van der Waals surface area contributed by atoms with Crippen LogP contribution in [0.5, 0.6) is 5.75 Å². The van der Waals surface area contributed by atoms with Crippen molar-refractivity contribution >= 4 is 41.0 Å². The molecule has 0 atom stereocenters. The number of aromatic nitrogens is 2. The van der Waals surface area contributed by atoms with Crippen molar-refractivity contribution in [3.8, 4) is 5.75 Å². The zero-order chi connectivity index (χ0) is 21.5. The van der Waals surface area contributed by atoms with Crippen molar-refractivity contribution in [1.82, 2.24) is 15.2 Å². The minimum atomic E-state index is -0.587.